The quantitative estimate of drug-likeness (QED) is 0.705. The van der Waals surface area contributed by atoms with Gasteiger partial charge in [0.2, 0.25) is 0 Å². The van der Waals surface area contributed by atoms with Gasteiger partial charge in [-0.1, -0.05) is 23.2 Å². The average molecular weight is 262 g/mol. The van der Waals surface area contributed by atoms with Crippen molar-refractivity contribution in [2.45, 2.75) is 6.18 Å². The zero-order valence-electron chi connectivity index (χ0n) is 7.57. The lowest BCUT2D eigenvalue weighted by Crippen LogP contribution is -2.06. The molecule has 0 aliphatic carbocycles. The van der Waals surface area contributed by atoms with E-state index in [1.165, 1.54) is 0 Å². The summed E-state index contributed by atoms with van der Waals surface area (Å²) in [6, 6.07) is 1.69. The summed E-state index contributed by atoms with van der Waals surface area (Å²) in [4.78, 5) is 0. The lowest BCUT2D eigenvalue weighted by molar-refractivity contribution is -0.137. The number of aliphatic hydroxyl groups excluding tert-OH is 1. The predicted molar refractivity (Wildman–Crippen MR) is 54.0 cm³/mol. The van der Waals surface area contributed by atoms with E-state index in [1.807, 2.05) is 0 Å². The van der Waals surface area contributed by atoms with E-state index in [4.69, 9.17) is 34.0 Å². The molecular formula is C8H8Cl2F3NO. The normalized spacial score (nSPS) is 10.6. The Bertz CT molecular complexity index is 341. The average Bonchev–Trinajstić information content (AvgIpc) is 2.13. The monoisotopic (exact) mass is 261 g/mol. The van der Waals surface area contributed by atoms with Gasteiger partial charge in [-0.05, 0) is 12.1 Å². The minimum atomic E-state index is -4.51. The molecule has 15 heavy (non-hydrogen) atoms. The number of halogens is 5. The van der Waals surface area contributed by atoms with E-state index in [2.05, 4.69) is 0 Å². The van der Waals surface area contributed by atoms with Crippen LogP contribution in [0.1, 0.15) is 5.56 Å². The molecule has 1 aromatic carbocycles. The number of rotatable bonds is 0. The molecule has 0 heterocycles. The Morgan fingerprint density at radius 3 is 2.00 bits per heavy atom. The Kier molecular flexibility index (Phi) is 5.20. The lowest BCUT2D eigenvalue weighted by Gasteiger charge is -2.09. The van der Waals surface area contributed by atoms with Gasteiger partial charge in [0.25, 0.3) is 0 Å². The molecule has 0 saturated heterocycles. The zero-order chi connectivity index (χ0) is 12.2. The van der Waals surface area contributed by atoms with Crippen LogP contribution in [0.5, 0.6) is 0 Å². The highest BCUT2D eigenvalue weighted by atomic mass is 35.5. The van der Waals surface area contributed by atoms with Crippen molar-refractivity contribution in [3.8, 4) is 0 Å². The Balaban J connectivity index is 0.000000921. The molecule has 0 saturated carbocycles. The maximum Gasteiger partial charge on any atom is 0.417 e. The second kappa shape index (κ2) is 5.44. The first-order valence-electron chi connectivity index (χ1n) is 3.59. The van der Waals surface area contributed by atoms with E-state index in [0.717, 1.165) is 13.2 Å². The van der Waals surface area contributed by atoms with Crippen LogP contribution in [0.4, 0.5) is 18.9 Å². The smallest absolute Gasteiger partial charge is 0.400 e. The predicted octanol–water partition coefficient (Wildman–Crippen LogP) is 3.20. The Labute approximate surface area is 94.4 Å². The van der Waals surface area contributed by atoms with Crippen LogP contribution in [0.25, 0.3) is 0 Å². The first-order valence-corrected chi connectivity index (χ1v) is 4.34. The van der Waals surface area contributed by atoms with E-state index in [-0.39, 0.29) is 10.7 Å². The summed E-state index contributed by atoms with van der Waals surface area (Å²) in [5.74, 6) is 0. The van der Waals surface area contributed by atoms with Gasteiger partial charge in [0.15, 0.2) is 0 Å². The minimum absolute atomic E-state index is 0.0275. The molecule has 0 atom stereocenters. The number of benzene rings is 1. The summed E-state index contributed by atoms with van der Waals surface area (Å²) in [7, 11) is 1.00. The minimum Gasteiger partial charge on any atom is -0.400 e. The summed E-state index contributed by atoms with van der Waals surface area (Å²) >= 11 is 10.7. The van der Waals surface area contributed by atoms with Crippen molar-refractivity contribution in [2.75, 3.05) is 12.8 Å². The highest BCUT2D eigenvalue weighted by Crippen LogP contribution is 2.38. The van der Waals surface area contributed by atoms with Crippen LogP contribution < -0.4 is 5.73 Å². The van der Waals surface area contributed by atoms with Gasteiger partial charge in [0.1, 0.15) is 0 Å². The van der Waals surface area contributed by atoms with Crippen molar-refractivity contribution in [3.05, 3.63) is 27.7 Å². The number of nitrogens with two attached hydrogens (primary N) is 1. The van der Waals surface area contributed by atoms with Crippen molar-refractivity contribution in [1.82, 2.24) is 0 Å². The first-order chi connectivity index (χ1) is 6.82. The number of anilines is 1. The van der Waals surface area contributed by atoms with Crippen LogP contribution in [-0.4, -0.2) is 12.2 Å². The Hall–Kier alpha value is -0.650. The summed E-state index contributed by atoms with van der Waals surface area (Å²) in [6.45, 7) is 0. The van der Waals surface area contributed by atoms with Gasteiger partial charge in [-0.25, -0.2) is 0 Å². The topological polar surface area (TPSA) is 46.2 Å². The molecule has 0 bridgehead atoms. The van der Waals surface area contributed by atoms with Gasteiger partial charge in [-0.2, -0.15) is 13.2 Å². The lowest BCUT2D eigenvalue weighted by atomic mass is 10.2. The second-order valence-corrected chi connectivity index (χ2v) is 3.17. The third-order valence-corrected chi connectivity index (χ3v) is 2.03. The Morgan fingerprint density at radius 1 is 1.13 bits per heavy atom. The van der Waals surface area contributed by atoms with Gasteiger partial charge in [0, 0.05) is 7.11 Å². The molecule has 86 valence electrons. The first kappa shape index (κ1) is 14.3. The number of nitrogen functional groups attached to an aromatic ring is 1. The largest absolute Gasteiger partial charge is 0.417 e. The molecular weight excluding hydrogens is 254 g/mol. The maximum absolute atomic E-state index is 12.2. The van der Waals surface area contributed by atoms with E-state index >= 15 is 0 Å². The van der Waals surface area contributed by atoms with Crippen molar-refractivity contribution >= 4 is 28.9 Å². The van der Waals surface area contributed by atoms with E-state index in [9.17, 15) is 13.2 Å². The number of hydrogen-bond donors (Lipinski definition) is 2. The summed E-state index contributed by atoms with van der Waals surface area (Å²) in [5.41, 5.74) is 4.30. The fraction of sp³-hybridized carbons (Fsp3) is 0.250. The molecule has 2 nitrogen and oxygen atoms in total. The molecule has 1 rings (SSSR count). The van der Waals surface area contributed by atoms with E-state index in [0.29, 0.717) is 6.07 Å². The summed E-state index contributed by atoms with van der Waals surface area (Å²) < 4.78 is 36.5. The fourth-order valence-electron chi connectivity index (χ4n) is 0.779. The van der Waals surface area contributed by atoms with Crippen molar-refractivity contribution < 1.29 is 18.3 Å². The van der Waals surface area contributed by atoms with Crippen LogP contribution in [0.2, 0.25) is 10.0 Å². The van der Waals surface area contributed by atoms with Gasteiger partial charge < -0.3 is 10.8 Å². The molecule has 7 heteroatoms. The zero-order valence-corrected chi connectivity index (χ0v) is 9.08. The van der Waals surface area contributed by atoms with Crippen LogP contribution in [0.15, 0.2) is 12.1 Å². The van der Waals surface area contributed by atoms with Gasteiger partial charge in [-0.15, -0.1) is 0 Å². The molecule has 1 aromatic rings. The molecule has 0 spiro atoms. The highest BCUT2D eigenvalue weighted by Gasteiger charge is 2.33. The fourth-order valence-corrected chi connectivity index (χ4v) is 1.22. The molecule has 0 aliphatic heterocycles. The number of alkyl halides is 3. The molecule has 0 amide bonds. The van der Waals surface area contributed by atoms with Gasteiger partial charge >= 0.3 is 6.18 Å². The van der Waals surface area contributed by atoms with Crippen LogP contribution in [-0.2, 0) is 6.18 Å². The third kappa shape index (κ3) is 3.77. The highest BCUT2D eigenvalue weighted by molar-refractivity contribution is 6.35. The van der Waals surface area contributed by atoms with E-state index in [1.54, 1.807) is 0 Å². The third-order valence-electron chi connectivity index (χ3n) is 1.39. The van der Waals surface area contributed by atoms with E-state index < -0.39 is 16.8 Å². The summed E-state index contributed by atoms with van der Waals surface area (Å²) in [6.07, 6.45) is -4.51. The molecule has 0 unspecified atom stereocenters. The van der Waals surface area contributed by atoms with Crippen molar-refractivity contribution in [2.24, 2.45) is 0 Å². The van der Waals surface area contributed by atoms with Crippen LogP contribution in [0, 0.1) is 0 Å². The van der Waals surface area contributed by atoms with Crippen molar-refractivity contribution in [3.63, 3.8) is 0 Å². The molecule has 0 aliphatic rings. The molecule has 0 fully saturated rings. The van der Waals surface area contributed by atoms with Gasteiger partial charge in [0.05, 0.1) is 21.3 Å². The maximum atomic E-state index is 12.2. The summed E-state index contributed by atoms with van der Waals surface area (Å²) in [5, 5.41) is 6.39. The van der Waals surface area contributed by atoms with Crippen LogP contribution in [0.3, 0.4) is 0 Å². The van der Waals surface area contributed by atoms with Crippen LogP contribution >= 0.6 is 23.2 Å². The second-order valence-electron chi connectivity index (χ2n) is 2.35. The number of hydrogen-bond acceptors (Lipinski definition) is 2. The SMILES string of the molecule is CO.Nc1cc(Cl)c(C(F)(F)F)cc1Cl. The van der Waals surface area contributed by atoms with Gasteiger partial charge in [-0.3, -0.25) is 0 Å². The molecule has 3 N–H and O–H groups in total. The van der Waals surface area contributed by atoms with Crippen molar-refractivity contribution in [1.29, 1.82) is 0 Å². The number of aliphatic hydroxyl groups is 1. The Morgan fingerprint density at radius 2 is 1.60 bits per heavy atom. The molecule has 0 aromatic heterocycles. The molecule has 0 radical (unpaired) electrons. The standard InChI is InChI=1S/C7H4Cl2F3N.CH4O/c8-4-2-6(13)5(9)1-3(4)7(10,11)12;1-2/h1-2H,13H2;2H,1H3.